The molecule has 1 N–H and O–H groups in total. The van der Waals surface area contributed by atoms with E-state index in [2.05, 4.69) is 27.6 Å². The molecule has 0 saturated carbocycles. The Morgan fingerprint density at radius 1 is 0.806 bits per heavy atom. The van der Waals surface area contributed by atoms with E-state index in [0.717, 1.165) is 17.1 Å². The average molecular weight is 447 g/mol. The lowest BCUT2D eigenvalue weighted by molar-refractivity contribution is -0.118. The van der Waals surface area contributed by atoms with Gasteiger partial charge in [-0.3, -0.25) is 9.36 Å². The van der Waals surface area contributed by atoms with Crippen LogP contribution < -0.4 is 5.32 Å². The predicted molar refractivity (Wildman–Crippen MR) is 126 cm³/mol. The van der Waals surface area contributed by atoms with Crippen LogP contribution >= 0.6 is 23.5 Å². The lowest BCUT2D eigenvalue weighted by Gasteiger charge is -2.10. The van der Waals surface area contributed by atoms with Crippen LogP contribution in [0.25, 0.3) is 5.69 Å². The highest BCUT2D eigenvalue weighted by Crippen LogP contribution is 2.27. The van der Waals surface area contributed by atoms with Crippen molar-refractivity contribution in [2.45, 2.75) is 22.3 Å². The molecule has 5 nitrogen and oxygen atoms in total. The first-order valence-electron chi connectivity index (χ1n) is 9.90. The maximum absolute atomic E-state index is 12.4. The second kappa shape index (κ2) is 10.8. The number of carbonyl (C=O) groups is 1. The standard InChI is InChI=1S/C24H22N4OS2/c29-23(25-16-19-10-4-1-5-11-19)18-31-24-27-26-22(17-30-21-14-8-3-9-15-21)28(24)20-12-6-2-7-13-20/h1-15H,16-18H2,(H,25,29). The lowest BCUT2D eigenvalue weighted by Crippen LogP contribution is -2.24. The third-order valence-corrected chi connectivity index (χ3v) is 6.43. The Labute approximate surface area is 190 Å². The Balaban J connectivity index is 1.44. The second-order valence-electron chi connectivity index (χ2n) is 6.72. The van der Waals surface area contributed by atoms with Crippen molar-refractivity contribution in [3.8, 4) is 5.69 Å². The van der Waals surface area contributed by atoms with Gasteiger partial charge < -0.3 is 5.32 Å². The number of thioether (sulfide) groups is 2. The SMILES string of the molecule is O=C(CSc1nnc(CSc2ccccc2)n1-c1ccccc1)NCc1ccccc1. The molecule has 0 unspecified atom stereocenters. The molecule has 0 fully saturated rings. The normalized spacial score (nSPS) is 10.7. The van der Waals surface area contributed by atoms with Crippen molar-refractivity contribution in [1.82, 2.24) is 20.1 Å². The van der Waals surface area contributed by atoms with Crippen molar-refractivity contribution in [1.29, 1.82) is 0 Å². The van der Waals surface area contributed by atoms with Crippen LogP contribution in [-0.2, 0) is 17.1 Å². The number of para-hydroxylation sites is 1. The molecular weight excluding hydrogens is 424 g/mol. The van der Waals surface area contributed by atoms with Crippen LogP contribution in [0.2, 0.25) is 0 Å². The summed E-state index contributed by atoms with van der Waals surface area (Å²) in [6.07, 6.45) is 0. The number of rotatable bonds is 9. The summed E-state index contributed by atoms with van der Waals surface area (Å²) >= 11 is 3.11. The quantitative estimate of drug-likeness (QED) is 0.368. The molecule has 0 aliphatic rings. The van der Waals surface area contributed by atoms with Gasteiger partial charge in [0.25, 0.3) is 0 Å². The van der Waals surface area contributed by atoms with E-state index in [-0.39, 0.29) is 11.7 Å². The first kappa shape index (κ1) is 21.2. The summed E-state index contributed by atoms with van der Waals surface area (Å²) in [4.78, 5) is 13.5. The van der Waals surface area contributed by atoms with Gasteiger partial charge in [0, 0.05) is 17.1 Å². The summed E-state index contributed by atoms with van der Waals surface area (Å²) in [6.45, 7) is 0.518. The summed E-state index contributed by atoms with van der Waals surface area (Å²) < 4.78 is 2.03. The zero-order valence-corrected chi connectivity index (χ0v) is 18.5. The van der Waals surface area contributed by atoms with E-state index in [1.54, 1.807) is 11.8 Å². The molecule has 1 amide bonds. The Morgan fingerprint density at radius 2 is 1.45 bits per heavy atom. The topological polar surface area (TPSA) is 59.8 Å². The van der Waals surface area contributed by atoms with Crippen LogP contribution in [0.4, 0.5) is 0 Å². The number of aromatic nitrogens is 3. The molecule has 7 heteroatoms. The number of nitrogens with zero attached hydrogens (tertiary/aromatic N) is 3. The number of carbonyl (C=O) groups excluding carboxylic acids is 1. The van der Waals surface area contributed by atoms with Gasteiger partial charge in [0.15, 0.2) is 5.16 Å². The molecule has 1 aromatic heterocycles. The monoisotopic (exact) mass is 446 g/mol. The Kier molecular flexibility index (Phi) is 7.41. The van der Waals surface area contributed by atoms with Crippen LogP contribution in [-0.4, -0.2) is 26.4 Å². The van der Waals surface area contributed by atoms with Gasteiger partial charge in [-0.1, -0.05) is 78.5 Å². The van der Waals surface area contributed by atoms with Crippen LogP contribution in [0.15, 0.2) is 101 Å². The van der Waals surface area contributed by atoms with Gasteiger partial charge in [0.1, 0.15) is 5.82 Å². The Morgan fingerprint density at radius 3 is 2.16 bits per heavy atom. The largest absolute Gasteiger partial charge is 0.351 e. The smallest absolute Gasteiger partial charge is 0.230 e. The summed E-state index contributed by atoms with van der Waals surface area (Å²) in [6, 6.07) is 30.1. The van der Waals surface area contributed by atoms with E-state index in [1.807, 2.05) is 83.4 Å². The maximum atomic E-state index is 12.4. The van der Waals surface area contributed by atoms with E-state index >= 15 is 0 Å². The Bertz CT molecular complexity index is 1100. The fourth-order valence-corrected chi connectivity index (χ4v) is 4.60. The summed E-state index contributed by atoms with van der Waals surface area (Å²) in [7, 11) is 0. The number of nitrogens with one attached hydrogen (secondary N) is 1. The zero-order chi connectivity index (χ0) is 21.3. The number of hydrogen-bond donors (Lipinski definition) is 1. The minimum Gasteiger partial charge on any atom is -0.351 e. The van der Waals surface area contributed by atoms with E-state index in [1.165, 1.54) is 16.7 Å². The average Bonchev–Trinajstić information content (AvgIpc) is 3.25. The lowest BCUT2D eigenvalue weighted by atomic mass is 10.2. The first-order chi connectivity index (χ1) is 15.3. The van der Waals surface area contributed by atoms with E-state index in [9.17, 15) is 4.79 Å². The van der Waals surface area contributed by atoms with Gasteiger partial charge in [-0.15, -0.1) is 22.0 Å². The van der Waals surface area contributed by atoms with Crippen molar-refractivity contribution >= 4 is 29.4 Å². The highest BCUT2D eigenvalue weighted by atomic mass is 32.2. The highest BCUT2D eigenvalue weighted by Gasteiger charge is 2.16. The van der Waals surface area contributed by atoms with Crippen LogP contribution in [0, 0.1) is 0 Å². The van der Waals surface area contributed by atoms with Gasteiger partial charge >= 0.3 is 0 Å². The molecular formula is C24H22N4OS2. The fraction of sp³-hybridized carbons (Fsp3) is 0.125. The highest BCUT2D eigenvalue weighted by molar-refractivity contribution is 7.99. The fourth-order valence-electron chi connectivity index (χ4n) is 2.97. The molecule has 4 rings (SSSR count). The van der Waals surface area contributed by atoms with Gasteiger partial charge in [-0.2, -0.15) is 0 Å². The van der Waals surface area contributed by atoms with E-state index < -0.39 is 0 Å². The second-order valence-corrected chi connectivity index (χ2v) is 8.71. The summed E-state index contributed by atoms with van der Waals surface area (Å²) in [5.41, 5.74) is 2.07. The zero-order valence-electron chi connectivity index (χ0n) is 16.8. The van der Waals surface area contributed by atoms with Gasteiger partial charge in [0.05, 0.1) is 11.5 Å². The van der Waals surface area contributed by atoms with Crippen molar-refractivity contribution in [2.75, 3.05) is 5.75 Å². The molecule has 0 aliphatic carbocycles. The number of hydrogen-bond acceptors (Lipinski definition) is 5. The first-order valence-corrected chi connectivity index (χ1v) is 11.9. The minimum atomic E-state index is -0.0309. The van der Waals surface area contributed by atoms with Crippen molar-refractivity contribution in [2.24, 2.45) is 0 Å². The third kappa shape index (κ3) is 5.99. The molecule has 156 valence electrons. The molecule has 0 atom stereocenters. The number of amides is 1. The number of benzene rings is 3. The van der Waals surface area contributed by atoms with Crippen molar-refractivity contribution in [3.05, 3.63) is 102 Å². The summed E-state index contributed by atoms with van der Waals surface area (Å²) in [5, 5.41) is 12.5. The third-order valence-electron chi connectivity index (χ3n) is 4.49. The predicted octanol–water partition coefficient (Wildman–Crippen LogP) is 4.97. The van der Waals surface area contributed by atoms with Crippen LogP contribution in [0.5, 0.6) is 0 Å². The molecule has 0 aliphatic heterocycles. The Hall–Kier alpha value is -3.03. The van der Waals surface area contributed by atoms with Crippen LogP contribution in [0.1, 0.15) is 11.4 Å². The minimum absolute atomic E-state index is 0.0309. The van der Waals surface area contributed by atoms with E-state index in [0.29, 0.717) is 17.5 Å². The van der Waals surface area contributed by atoms with Gasteiger partial charge in [-0.05, 0) is 29.8 Å². The molecule has 0 saturated heterocycles. The van der Waals surface area contributed by atoms with Crippen molar-refractivity contribution < 1.29 is 4.79 Å². The summed E-state index contributed by atoms with van der Waals surface area (Å²) in [5.74, 6) is 1.79. The molecule has 0 spiro atoms. The van der Waals surface area contributed by atoms with Crippen LogP contribution in [0.3, 0.4) is 0 Å². The molecule has 3 aromatic carbocycles. The van der Waals surface area contributed by atoms with E-state index in [4.69, 9.17) is 0 Å². The molecule has 0 bridgehead atoms. The molecule has 4 aromatic rings. The molecule has 1 heterocycles. The van der Waals surface area contributed by atoms with Crippen molar-refractivity contribution in [3.63, 3.8) is 0 Å². The maximum Gasteiger partial charge on any atom is 0.230 e. The molecule has 31 heavy (non-hydrogen) atoms. The molecule has 0 radical (unpaired) electrons. The van der Waals surface area contributed by atoms with Gasteiger partial charge in [0.2, 0.25) is 5.91 Å². The van der Waals surface area contributed by atoms with Gasteiger partial charge in [-0.25, -0.2) is 0 Å².